The molecule has 192 valence electrons. The SMILES string of the molecule is COc1ccc([C@@H](c2nnnn2C2CCCCC2)N2CCN(c3ccccc3OC)CC2)c(OC)c1. The van der Waals surface area contributed by atoms with Crippen LogP contribution in [-0.2, 0) is 0 Å². The molecule has 9 heteroatoms. The van der Waals surface area contributed by atoms with E-state index in [1.54, 1.807) is 21.3 Å². The lowest BCUT2D eigenvalue weighted by molar-refractivity contribution is 0.190. The van der Waals surface area contributed by atoms with Gasteiger partial charge in [0.1, 0.15) is 23.3 Å². The Morgan fingerprint density at radius 3 is 2.31 bits per heavy atom. The van der Waals surface area contributed by atoms with E-state index in [0.29, 0.717) is 6.04 Å². The van der Waals surface area contributed by atoms with Crippen LogP contribution < -0.4 is 19.1 Å². The minimum atomic E-state index is -0.123. The van der Waals surface area contributed by atoms with Crippen molar-refractivity contribution in [3.8, 4) is 17.2 Å². The first-order valence-corrected chi connectivity index (χ1v) is 12.8. The van der Waals surface area contributed by atoms with E-state index in [0.717, 1.165) is 73.3 Å². The summed E-state index contributed by atoms with van der Waals surface area (Å²) in [5, 5.41) is 13.3. The fraction of sp³-hybridized carbons (Fsp3) is 0.519. The number of anilines is 1. The Balaban J connectivity index is 1.48. The van der Waals surface area contributed by atoms with Crippen LogP contribution in [0.25, 0.3) is 0 Å². The summed E-state index contributed by atoms with van der Waals surface area (Å²) in [6, 6.07) is 14.5. The summed E-state index contributed by atoms with van der Waals surface area (Å²) in [5.74, 6) is 3.34. The van der Waals surface area contributed by atoms with E-state index in [9.17, 15) is 0 Å². The standard InChI is InChI=1S/C27H36N6O3/c1-34-21-13-14-22(25(19-21)36-3)26(27-28-29-30-33(27)20-9-5-4-6-10-20)32-17-15-31(16-18-32)23-11-7-8-12-24(23)35-2/h7-8,11-14,19-20,26H,4-6,9-10,15-18H2,1-3H3/t26-/m0/s1. The van der Waals surface area contributed by atoms with Crippen LogP contribution in [0.2, 0.25) is 0 Å². The minimum absolute atomic E-state index is 0.123. The van der Waals surface area contributed by atoms with Crippen molar-refractivity contribution in [1.82, 2.24) is 25.1 Å². The highest BCUT2D eigenvalue weighted by atomic mass is 16.5. The molecular weight excluding hydrogens is 456 g/mol. The Kier molecular flexibility index (Phi) is 7.55. The Morgan fingerprint density at radius 2 is 1.58 bits per heavy atom. The molecule has 2 aliphatic rings. The highest BCUT2D eigenvalue weighted by molar-refractivity contribution is 5.58. The molecule has 1 saturated carbocycles. The van der Waals surface area contributed by atoms with Gasteiger partial charge in [-0.1, -0.05) is 31.4 Å². The first-order chi connectivity index (χ1) is 17.7. The maximum atomic E-state index is 5.85. The predicted octanol–water partition coefficient (Wildman–Crippen LogP) is 4.12. The van der Waals surface area contributed by atoms with Gasteiger partial charge in [-0.2, -0.15) is 0 Å². The summed E-state index contributed by atoms with van der Waals surface area (Å²) < 4.78 is 19.0. The Morgan fingerprint density at radius 1 is 0.833 bits per heavy atom. The molecule has 1 aromatic heterocycles. The molecule has 1 aliphatic heterocycles. The summed E-state index contributed by atoms with van der Waals surface area (Å²) in [6.07, 6.45) is 5.96. The molecule has 3 aromatic rings. The molecule has 0 bridgehead atoms. The van der Waals surface area contributed by atoms with Gasteiger partial charge in [0.2, 0.25) is 0 Å². The van der Waals surface area contributed by atoms with E-state index in [-0.39, 0.29) is 6.04 Å². The zero-order chi connectivity index (χ0) is 24.9. The molecule has 1 aliphatic carbocycles. The maximum absolute atomic E-state index is 5.85. The van der Waals surface area contributed by atoms with Crippen molar-refractivity contribution in [3.05, 3.63) is 53.9 Å². The van der Waals surface area contributed by atoms with Crippen LogP contribution in [0.15, 0.2) is 42.5 Å². The number of nitrogens with zero attached hydrogens (tertiary/aromatic N) is 6. The van der Waals surface area contributed by atoms with Gasteiger partial charge < -0.3 is 19.1 Å². The van der Waals surface area contributed by atoms with Gasteiger partial charge in [0.25, 0.3) is 0 Å². The van der Waals surface area contributed by atoms with Crippen LogP contribution in [0, 0.1) is 0 Å². The Labute approximate surface area is 212 Å². The molecule has 0 unspecified atom stereocenters. The molecule has 2 heterocycles. The molecule has 0 radical (unpaired) electrons. The maximum Gasteiger partial charge on any atom is 0.173 e. The number of benzene rings is 2. The highest BCUT2D eigenvalue weighted by Crippen LogP contribution is 2.39. The Bertz CT molecular complexity index is 1140. The lowest BCUT2D eigenvalue weighted by Gasteiger charge is -2.40. The van der Waals surface area contributed by atoms with Gasteiger partial charge in [0.05, 0.1) is 33.1 Å². The third kappa shape index (κ3) is 4.84. The number of tetrazole rings is 1. The summed E-state index contributed by atoms with van der Waals surface area (Å²) in [5.41, 5.74) is 2.18. The molecule has 5 rings (SSSR count). The molecule has 0 spiro atoms. The summed E-state index contributed by atoms with van der Waals surface area (Å²) >= 11 is 0. The van der Waals surface area contributed by atoms with Crippen LogP contribution in [0.4, 0.5) is 5.69 Å². The largest absolute Gasteiger partial charge is 0.497 e. The van der Waals surface area contributed by atoms with Crippen molar-refractivity contribution in [1.29, 1.82) is 0 Å². The van der Waals surface area contributed by atoms with E-state index < -0.39 is 0 Å². The topological polar surface area (TPSA) is 77.8 Å². The molecule has 36 heavy (non-hydrogen) atoms. The van der Waals surface area contributed by atoms with Crippen molar-refractivity contribution < 1.29 is 14.2 Å². The van der Waals surface area contributed by atoms with Gasteiger partial charge in [0.15, 0.2) is 5.82 Å². The lowest BCUT2D eigenvalue weighted by atomic mass is 9.94. The second-order valence-corrected chi connectivity index (χ2v) is 9.48. The normalized spacial score (nSPS) is 18.1. The molecule has 1 saturated heterocycles. The third-order valence-corrected chi connectivity index (χ3v) is 7.52. The second kappa shape index (κ2) is 11.2. The number of methoxy groups -OCH3 is 3. The van der Waals surface area contributed by atoms with Crippen molar-refractivity contribution in [3.63, 3.8) is 0 Å². The van der Waals surface area contributed by atoms with Gasteiger partial charge in [-0.25, -0.2) is 4.68 Å². The second-order valence-electron chi connectivity index (χ2n) is 9.48. The summed E-state index contributed by atoms with van der Waals surface area (Å²) in [7, 11) is 5.11. The van der Waals surface area contributed by atoms with Gasteiger partial charge >= 0.3 is 0 Å². The van der Waals surface area contributed by atoms with Crippen molar-refractivity contribution in [2.75, 3.05) is 52.4 Å². The van der Waals surface area contributed by atoms with Gasteiger partial charge in [-0.05, 0) is 47.5 Å². The first kappa shape index (κ1) is 24.4. The van der Waals surface area contributed by atoms with Crippen LogP contribution in [-0.4, -0.2) is 72.6 Å². The zero-order valence-electron chi connectivity index (χ0n) is 21.5. The van der Waals surface area contributed by atoms with E-state index >= 15 is 0 Å². The third-order valence-electron chi connectivity index (χ3n) is 7.52. The first-order valence-electron chi connectivity index (χ1n) is 12.8. The van der Waals surface area contributed by atoms with Crippen molar-refractivity contribution >= 4 is 5.69 Å². The van der Waals surface area contributed by atoms with E-state index in [1.807, 2.05) is 24.3 Å². The lowest BCUT2D eigenvalue weighted by Crippen LogP contribution is -2.48. The van der Waals surface area contributed by atoms with Crippen molar-refractivity contribution in [2.45, 2.75) is 44.2 Å². The van der Waals surface area contributed by atoms with E-state index in [2.05, 4.69) is 48.2 Å². The van der Waals surface area contributed by atoms with Gasteiger partial charge in [-0.3, -0.25) is 4.90 Å². The molecule has 0 amide bonds. The predicted molar refractivity (Wildman–Crippen MR) is 138 cm³/mol. The number of hydrogen-bond acceptors (Lipinski definition) is 8. The quantitative estimate of drug-likeness (QED) is 0.465. The smallest absolute Gasteiger partial charge is 0.173 e. The van der Waals surface area contributed by atoms with E-state index in [1.165, 1.54) is 19.3 Å². The average Bonchev–Trinajstić information content (AvgIpc) is 3.43. The van der Waals surface area contributed by atoms with E-state index in [4.69, 9.17) is 14.2 Å². The molecule has 1 atom stereocenters. The summed E-state index contributed by atoms with van der Waals surface area (Å²) in [6.45, 7) is 3.46. The van der Waals surface area contributed by atoms with Crippen LogP contribution in [0.1, 0.15) is 55.6 Å². The molecule has 2 fully saturated rings. The molecule has 9 nitrogen and oxygen atoms in total. The van der Waals surface area contributed by atoms with Crippen molar-refractivity contribution in [2.24, 2.45) is 0 Å². The number of rotatable bonds is 8. The van der Waals surface area contributed by atoms with Gasteiger partial charge in [0, 0.05) is 37.8 Å². The van der Waals surface area contributed by atoms with Crippen LogP contribution in [0.5, 0.6) is 17.2 Å². The Hall–Kier alpha value is -3.33. The van der Waals surface area contributed by atoms with Crippen LogP contribution in [0.3, 0.4) is 0 Å². The molecular formula is C27H36N6O3. The average molecular weight is 493 g/mol. The van der Waals surface area contributed by atoms with Crippen LogP contribution >= 0.6 is 0 Å². The fourth-order valence-corrected chi connectivity index (χ4v) is 5.62. The monoisotopic (exact) mass is 492 g/mol. The molecule has 2 aromatic carbocycles. The van der Waals surface area contributed by atoms with Gasteiger partial charge in [-0.15, -0.1) is 5.10 Å². The summed E-state index contributed by atoms with van der Waals surface area (Å²) in [4.78, 5) is 4.86. The fourth-order valence-electron chi connectivity index (χ4n) is 5.62. The number of para-hydroxylation sites is 2. The number of hydrogen-bond donors (Lipinski definition) is 0. The number of aromatic nitrogens is 4. The number of piperazine rings is 1. The zero-order valence-corrected chi connectivity index (χ0v) is 21.5. The highest BCUT2D eigenvalue weighted by Gasteiger charge is 2.35. The number of ether oxygens (including phenoxy) is 3. The molecule has 0 N–H and O–H groups in total. The minimum Gasteiger partial charge on any atom is -0.497 e.